The third kappa shape index (κ3) is 3.65. The summed E-state index contributed by atoms with van der Waals surface area (Å²) in [6.07, 6.45) is 0.483. The van der Waals surface area contributed by atoms with Gasteiger partial charge in [0.15, 0.2) is 0 Å². The van der Waals surface area contributed by atoms with Gasteiger partial charge in [0.2, 0.25) is 5.91 Å². The topological polar surface area (TPSA) is 136 Å². The van der Waals surface area contributed by atoms with Gasteiger partial charge in [-0.1, -0.05) is 0 Å². The first-order valence-electron chi connectivity index (χ1n) is 8.03. The fourth-order valence-corrected chi connectivity index (χ4v) is 4.19. The molecule has 0 unspecified atom stereocenters. The monoisotopic (exact) mass is 388 g/mol. The Balaban J connectivity index is 1.88. The molecule has 3 rings (SSSR count). The van der Waals surface area contributed by atoms with Gasteiger partial charge in [-0.15, -0.1) is 11.3 Å². The van der Waals surface area contributed by atoms with Gasteiger partial charge in [0.1, 0.15) is 5.00 Å². The van der Waals surface area contributed by atoms with Crippen molar-refractivity contribution in [3.8, 4) is 0 Å². The molecule has 0 spiro atoms. The van der Waals surface area contributed by atoms with E-state index in [1.807, 2.05) is 0 Å². The smallest absolute Gasteiger partial charge is 0.269 e. The molecule has 0 aliphatic carbocycles. The Kier molecular flexibility index (Phi) is 4.91. The Morgan fingerprint density at radius 2 is 1.93 bits per heavy atom. The van der Waals surface area contributed by atoms with E-state index < -0.39 is 16.7 Å². The number of fused-ring (bicyclic) bond motifs is 1. The van der Waals surface area contributed by atoms with Crippen molar-refractivity contribution in [1.29, 1.82) is 0 Å². The second kappa shape index (κ2) is 7.16. The molecular weight excluding hydrogens is 372 g/mol. The molecule has 10 heteroatoms. The third-order valence-corrected chi connectivity index (χ3v) is 5.45. The Morgan fingerprint density at radius 3 is 2.48 bits per heavy atom. The van der Waals surface area contributed by atoms with E-state index in [-0.39, 0.29) is 22.7 Å². The number of rotatable bonds is 4. The lowest BCUT2D eigenvalue weighted by Crippen LogP contribution is -2.34. The zero-order chi connectivity index (χ0) is 19.7. The number of nitro benzene ring substituents is 1. The summed E-state index contributed by atoms with van der Waals surface area (Å²) in [5, 5.41) is 13.7. The van der Waals surface area contributed by atoms with E-state index in [4.69, 9.17) is 5.73 Å². The van der Waals surface area contributed by atoms with Crippen LogP contribution in [0.3, 0.4) is 0 Å². The van der Waals surface area contributed by atoms with Gasteiger partial charge in [0, 0.05) is 36.0 Å². The van der Waals surface area contributed by atoms with Crippen LogP contribution in [-0.2, 0) is 17.8 Å². The van der Waals surface area contributed by atoms with Crippen LogP contribution in [0.4, 0.5) is 10.7 Å². The van der Waals surface area contributed by atoms with Crippen LogP contribution in [0.15, 0.2) is 24.3 Å². The maximum atomic E-state index is 12.5. The highest BCUT2D eigenvalue weighted by Gasteiger charge is 2.28. The summed E-state index contributed by atoms with van der Waals surface area (Å²) in [7, 11) is 0. The van der Waals surface area contributed by atoms with E-state index in [9.17, 15) is 24.5 Å². The molecule has 140 valence electrons. The second-order valence-electron chi connectivity index (χ2n) is 6.02. The Bertz CT molecular complexity index is 951. The van der Waals surface area contributed by atoms with Crippen LogP contribution in [0.1, 0.15) is 38.1 Å². The van der Waals surface area contributed by atoms with Crippen LogP contribution < -0.4 is 11.1 Å². The first kappa shape index (κ1) is 18.5. The van der Waals surface area contributed by atoms with E-state index in [1.165, 1.54) is 42.5 Å². The zero-order valence-corrected chi connectivity index (χ0v) is 15.2. The number of anilines is 1. The molecule has 0 fully saturated rings. The van der Waals surface area contributed by atoms with Crippen LogP contribution in [0, 0.1) is 10.1 Å². The van der Waals surface area contributed by atoms with Gasteiger partial charge in [-0.2, -0.15) is 0 Å². The fourth-order valence-electron chi connectivity index (χ4n) is 2.93. The number of thiophene rings is 1. The van der Waals surface area contributed by atoms with Crippen molar-refractivity contribution in [2.24, 2.45) is 5.73 Å². The molecule has 2 heterocycles. The van der Waals surface area contributed by atoms with Gasteiger partial charge in [-0.05, 0) is 24.1 Å². The minimum atomic E-state index is -0.650. The number of hydrogen-bond acceptors (Lipinski definition) is 6. The van der Waals surface area contributed by atoms with Crippen molar-refractivity contribution in [1.82, 2.24) is 4.90 Å². The highest BCUT2D eigenvalue weighted by atomic mass is 32.1. The molecule has 9 nitrogen and oxygen atoms in total. The van der Waals surface area contributed by atoms with Crippen molar-refractivity contribution < 1.29 is 19.3 Å². The summed E-state index contributed by atoms with van der Waals surface area (Å²) in [4.78, 5) is 48.6. The zero-order valence-electron chi connectivity index (χ0n) is 14.4. The normalized spacial score (nSPS) is 13.0. The van der Waals surface area contributed by atoms with Crippen LogP contribution in [-0.4, -0.2) is 34.1 Å². The number of non-ortho nitro benzene ring substituents is 1. The predicted octanol–water partition coefficient (Wildman–Crippen LogP) is 1.91. The Morgan fingerprint density at radius 1 is 1.26 bits per heavy atom. The molecule has 1 aliphatic heterocycles. The van der Waals surface area contributed by atoms with Gasteiger partial charge in [0.25, 0.3) is 17.5 Å². The molecule has 0 atom stereocenters. The number of hydrogen-bond donors (Lipinski definition) is 2. The first-order valence-corrected chi connectivity index (χ1v) is 8.85. The summed E-state index contributed by atoms with van der Waals surface area (Å²) in [5.74, 6) is -1.22. The van der Waals surface area contributed by atoms with Gasteiger partial charge < -0.3 is 16.0 Å². The average molecular weight is 388 g/mol. The summed E-state index contributed by atoms with van der Waals surface area (Å²) < 4.78 is 0. The minimum Gasteiger partial charge on any atom is -0.365 e. The number of primary amides is 1. The average Bonchev–Trinajstić information content (AvgIpc) is 2.98. The van der Waals surface area contributed by atoms with Crippen molar-refractivity contribution >= 4 is 39.7 Å². The Hall–Kier alpha value is -3.27. The van der Waals surface area contributed by atoms with Gasteiger partial charge in [-0.25, -0.2) is 0 Å². The molecule has 0 saturated carbocycles. The number of nitrogens with two attached hydrogens (primary N) is 1. The molecule has 27 heavy (non-hydrogen) atoms. The van der Waals surface area contributed by atoms with Gasteiger partial charge in [-0.3, -0.25) is 24.5 Å². The van der Waals surface area contributed by atoms with Crippen molar-refractivity contribution in [2.45, 2.75) is 19.9 Å². The highest BCUT2D eigenvalue weighted by molar-refractivity contribution is 7.17. The number of benzene rings is 1. The standard InChI is InChI=1S/C17H16N4O5S/c1-9(22)20-7-6-12-13(8-20)27-17(14(12)15(18)23)19-16(24)10-2-4-11(5-3-10)21(25)26/h2-5H,6-8H2,1H3,(H2,18,23)(H,19,24). The van der Waals surface area contributed by atoms with E-state index in [2.05, 4.69) is 5.32 Å². The first-order chi connectivity index (χ1) is 12.8. The van der Waals surface area contributed by atoms with Crippen molar-refractivity contribution in [2.75, 3.05) is 11.9 Å². The molecule has 0 saturated heterocycles. The number of carbonyl (C=O) groups is 3. The molecule has 3 N–H and O–H groups in total. The second-order valence-corrected chi connectivity index (χ2v) is 7.13. The van der Waals surface area contributed by atoms with Crippen LogP contribution in [0.2, 0.25) is 0 Å². The van der Waals surface area contributed by atoms with Crippen LogP contribution >= 0.6 is 11.3 Å². The molecule has 2 aromatic rings. The number of nitro groups is 1. The Labute approximate surface area is 157 Å². The van der Waals surface area contributed by atoms with E-state index in [0.717, 1.165) is 10.4 Å². The predicted molar refractivity (Wildman–Crippen MR) is 98.7 cm³/mol. The van der Waals surface area contributed by atoms with E-state index >= 15 is 0 Å². The maximum Gasteiger partial charge on any atom is 0.269 e. The van der Waals surface area contributed by atoms with Gasteiger partial charge in [0.05, 0.1) is 17.0 Å². The highest BCUT2D eigenvalue weighted by Crippen LogP contribution is 2.37. The molecule has 0 radical (unpaired) electrons. The SMILES string of the molecule is CC(=O)N1CCc2c(sc(NC(=O)c3ccc([N+](=O)[O-])cc3)c2C(N)=O)C1. The largest absolute Gasteiger partial charge is 0.365 e. The van der Waals surface area contributed by atoms with E-state index in [1.54, 1.807) is 4.90 Å². The fraction of sp³-hybridized carbons (Fsp3) is 0.235. The molecule has 1 aliphatic rings. The van der Waals surface area contributed by atoms with Crippen LogP contribution in [0.25, 0.3) is 0 Å². The summed E-state index contributed by atoms with van der Waals surface area (Å²) in [5.41, 5.74) is 6.61. The summed E-state index contributed by atoms with van der Waals surface area (Å²) >= 11 is 1.21. The number of nitrogens with one attached hydrogen (secondary N) is 1. The van der Waals surface area contributed by atoms with Crippen molar-refractivity contribution in [3.05, 3.63) is 55.9 Å². The number of nitrogens with zero attached hydrogens (tertiary/aromatic N) is 2. The molecular formula is C17H16N4O5S. The lowest BCUT2D eigenvalue weighted by molar-refractivity contribution is -0.384. The quantitative estimate of drug-likeness (QED) is 0.609. The van der Waals surface area contributed by atoms with Crippen molar-refractivity contribution in [3.63, 3.8) is 0 Å². The maximum absolute atomic E-state index is 12.5. The van der Waals surface area contributed by atoms with Crippen LogP contribution in [0.5, 0.6) is 0 Å². The number of amides is 3. The third-order valence-electron chi connectivity index (χ3n) is 4.32. The molecule has 3 amide bonds. The summed E-state index contributed by atoms with van der Waals surface area (Å²) in [6, 6.07) is 5.13. The summed E-state index contributed by atoms with van der Waals surface area (Å²) in [6.45, 7) is 2.32. The molecule has 1 aromatic heterocycles. The molecule has 0 bridgehead atoms. The minimum absolute atomic E-state index is 0.0638. The number of carbonyl (C=O) groups excluding carboxylic acids is 3. The lowest BCUT2D eigenvalue weighted by atomic mass is 10.0. The van der Waals surface area contributed by atoms with Gasteiger partial charge >= 0.3 is 0 Å². The lowest BCUT2D eigenvalue weighted by Gasteiger charge is -2.25. The molecule has 1 aromatic carbocycles. The van der Waals surface area contributed by atoms with E-state index in [0.29, 0.717) is 24.5 Å².